The van der Waals surface area contributed by atoms with Gasteiger partial charge in [0.25, 0.3) is 0 Å². The number of carbonyl (C=O) groups is 1. The van der Waals surface area contributed by atoms with E-state index in [9.17, 15) is 4.79 Å². The Morgan fingerprint density at radius 3 is 2.29 bits per heavy atom. The van der Waals surface area contributed by atoms with Crippen LogP contribution >= 0.6 is 22.6 Å². The molecule has 5 nitrogen and oxygen atoms in total. The van der Waals surface area contributed by atoms with Gasteiger partial charge in [-0.25, -0.2) is 4.79 Å². The van der Waals surface area contributed by atoms with Crippen LogP contribution in [0.5, 0.6) is 11.5 Å². The molecule has 1 rings (SSSR count). The molecule has 0 atom stereocenters. The molecule has 0 heterocycles. The van der Waals surface area contributed by atoms with Crippen LogP contribution in [-0.4, -0.2) is 32.5 Å². The number of rotatable bonds is 5. The minimum Gasteiger partial charge on any atom is -0.493 e. The first-order valence-corrected chi connectivity index (χ1v) is 7.72. The van der Waals surface area contributed by atoms with Crippen LogP contribution in [0.2, 0.25) is 0 Å². The maximum absolute atomic E-state index is 11.6. The smallest absolute Gasteiger partial charge is 0.407 e. The van der Waals surface area contributed by atoms with E-state index in [1.54, 1.807) is 14.2 Å². The van der Waals surface area contributed by atoms with E-state index in [2.05, 4.69) is 27.9 Å². The second kappa shape index (κ2) is 7.72. The molecule has 1 aromatic carbocycles. The van der Waals surface area contributed by atoms with E-state index in [0.29, 0.717) is 24.5 Å². The van der Waals surface area contributed by atoms with Gasteiger partial charge in [-0.1, -0.05) is 0 Å². The summed E-state index contributed by atoms with van der Waals surface area (Å²) in [6.45, 7) is 6.01. The number of alkyl carbamates (subject to hydrolysis) is 1. The van der Waals surface area contributed by atoms with Gasteiger partial charge >= 0.3 is 6.09 Å². The van der Waals surface area contributed by atoms with Gasteiger partial charge < -0.3 is 19.5 Å². The zero-order valence-corrected chi connectivity index (χ0v) is 15.2. The van der Waals surface area contributed by atoms with Crippen LogP contribution in [0, 0.1) is 3.57 Å². The molecule has 0 bridgehead atoms. The zero-order valence-electron chi connectivity index (χ0n) is 13.1. The third-order valence-electron chi connectivity index (χ3n) is 2.62. The SMILES string of the molecule is COc1cc(I)c(CCNC(=O)OC(C)(C)C)cc1OC. The van der Waals surface area contributed by atoms with Crippen molar-refractivity contribution >= 4 is 28.7 Å². The van der Waals surface area contributed by atoms with Crippen molar-refractivity contribution in [3.63, 3.8) is 0 Å². The Labute approximate surface area is 139 Å². The summed E-state index contributed by atoms with van der Waals surface area (Å²) < 4.78 is 16.8. The summed E-state index contributed by atoms with van der Waals surface area (Å²) in [6.07, 6.45) is 0.288. The van der Waals surface area contributed by atoms with E-state index >= 15 is 0 Å². The molecule has 0 saturated heterocycles. The lowest BCUT2D eigenvalue weighted by Gasteiger charge is -2.19. The van der Waals surface area contributed by atoms with E-state index in [-0.39, 0.29) is 0 Å². The number of nitrogens with one attached hydrogen (secondary N) is 1. The molecule has 0 aromatic heterocycles. The van der Waals surface area contributed by atoms with Gasteiger partial charge in [-0.05, 0) is 67.5 Å². The fourth-order valence-corrected chi connectivity index (χ4v) is 2.41. The monoisotopic (exact) mass is 407 g/mol. The minimum atomic E-state index is -0.484. The molecule has 118 valence electrons. The minimum absolute atomic E-state index is 0.405. The van der Waals surface area contributed by atoms with Crippen molar-refractivity contribution < 1.29 is 19.0 Å². The largest absolute Gasteiger partial charge is 0.493 e. The van der Waals surface area contributed by atoms with E-state index < -0.39 is 11.7 Å². The van der Waals surface area contributed by atoms with Crippen LogP contribution < -0.4 is 14.8 Å². The standard InChI is InChI=1S/C15H22INO4/c1-15(2,3)21-14(18)17-7-6-10-8-12(19-4)13(20-5)9-11(10)16/h8-9H,6-7H2,1-5H3,(H,17,18). The lowest BCUT2D eigenvalue weighted by atomic mass is 10.1. The molecular weight excluding hydrogens is 385 g/mol. The Hall–Kier alpha value is -1.18. The first kappa shape index (κ1) is 17.9. The molecular formula is C15H22INO4. The topological polar surface area (TPSA) is 56.8 Å². The third kappa shape index (κ3) is 5.99. The Bertz CT molecular complexity index is 497. The van der Waals surface area contributed by atoms with Gasteiger partial charge in [0.05, 0.1) is 14.2 Å². The quantitative estimate of drug-likeness (QED) is 0.761. The second-order valence-electron chi connectivity index (χ2n) is 5.48. The molecule has 1 N–H and O–H groups in total. The van der Waals surface area contributed by atoms with Crippen LogP contribution in [-0.2, 0) is 11.2 Å². The van der Waals surface area contributed by atoms with Crippen molar-refractivity contribution in [1.29, 1.82) is 0 Å². The van der Waals surface area contributed by atoms with Gasteiger partial charge in [-0.2, -0.15) is 0 Å². The zero-order chi connectivity index (χ0) is 16.0. The molecule has 0 aliphatic carbocycles. The summed E-state index contributed by atoms with van der Waals surface area (Å²) in [6, 6.07) is 3.85. The van der Waals surface area contributed by atoms with Crippen LogP contribution in [0.15, 0.2) is 12.1 Å². The number of benzene rings is 1. The van der Waals surface area contributed by atoms with E-state index in [1.165, 1.54) is 0 Å². The van der Waals surface area contributed by atoms with Crippen LogP contribution in [0.1, 0.15) is 26.3 Å². The Morgan fingerprint density at radius 2 is 1.76 bits per heavy atom. The van der Waals surface area contributed by atoms with Crippen LogP contribution in [0.25, 0.3) is 0 Å². The Balaban J connectivity index is 2.62. The first-order chi connectivity index (χ1) is 9.76. The fraction of sp³-hybridized carbons (Fsp3) is 0.533. The molecule has 0 unspecified atom stereocenters. The molecule has 0 saturated carbocycles. The summed E-state index contributed by atoms with van der Waals surface area (Å²) in [5.74, 6) is 1.39. The molecule has 6 heteroatoms. The van der Waals surface area contributed by atoms with Crippen molar-refractivity contribution in [2.45, 2.75) is 32.8 Å². The van der Waals surface area contributed by atoms with Crippen molar-refractivity contribution in [3.8, 4) is 11.5 Å². The summed E-state index contributed by atoms with van der Waals surface area (Å²) in [7, 11) is 3.21. The predicted molar refractivity (Wildman–Crippen MR) is 90.2 cm³/mol. The van der Waals surface area contributed by atoms with Crippen molar-refractivity contribution in [2.75, 3.05) is 20.8 Å². The lowest BCUT2D eigenvalue weighted by Crippen LogP contribution is -2.33. The number of amides is 1. The highest BCUT2D eigenvalue weighted by molar-refractivity contribution is 14.1. The van der Waals surface area contributed by atoms with Crippen LogP contribution in [0.3, 0.4) is 0 Å². The molecule has 1 amide bonds. The average molecular weight is 407 g/mol. The maximum atomic E-state index is 11.6. The normalized spacial score (nSPS) is 11.0. The summed E-state index contributed by atoms with van der Waals surface area (Å²) >= 11 is 2.24. The van der Waals surface area contributed by atoms with Gasteiger partial charge in [0.1, 0.15) is 5.60 Å². The van der Waals surface area contributed by atoms with Gasteiger partial charge in [0.2, 0.25) is 0 Å². The Kier molecular flexibility index (Phi) is 6.57. The molecule has 0 radical (unpaired) electrons. The van der Waals surface area contributed by atoms with E-state index in [0.717, 1.165) is 9.13 Å². The Morgan fingerprint density at radius 1 is 1.19 bits per heavy atom. The van der Waals surface area contributed by atoms with E-state index in [4.69, 9.17) is 14.2 Å². The van der Waals surface area contributed by atoms with Gasteiger partial charge in [0, 0.05) is 10.1 Å². The van der Waals surface area contributed by atoms with Crippen molar-refractivity contribution in [3.05, 3.63) is 21.3 Å². The number of halogens is 1. The summed E-state index contributed by atoms with van der Waals surface area (Å²) in [5.41, 5.74) is 0.603. The molecule has 0 fully saturated rings. The predicted octanol–water partition coefficient (Wildman–Crippen LogP) is 3.38. The molecule has 0 spiro atoms. The molecule has 1 aromatic rings. The number of ether oxygens (including phenoxy) is 3. The summed E-state index contributed by atoms with van der Waals surface area (Å²) in [5, 5.41) is 2.74. The van der Waals surface area contributed by atoms with Gasteiger partial charge in [-0.15, -0.1) is 0 Å². The third-order valence-corrected chi connectivity index (χ3v) is 3.62. The number of hydrogen-bond acceptors (Lipinski definition) is 4. The molecule has 21 heavy (non-hydrogen) atoms. The number of carbonyl (C=O) groups excluding carboxylic acids is 1. The highest BCUT2D eigenvalue weighted by Gasteiger charge is 2.16. The highest BCUT2D eigenvalue weighted by Crippen LogP contribution is 2.31. The van der Waals surface area contributed by atoms with Crippen LogP contribution in [0.4, 0.5) is 4.79 Å². The van der Waals surface area contributed by atoms with Crippen molar-refractivity contribution in [2.24, 2.45) is 0 Å². The van der Waals surface area contributed by atoms with Crippen molar-refractivity contribution in [1.82, 2.24) is 5.32 Å². The number of hydrogen-bond donors (Lipinski definition) is 1. The molecule has 0 aliphatic heterocycles. The number of methoxy groups -OCH3 is 2. The summed E-state index contributed by atoms with van der Waals surface area (Å²) in [4.78, 5) is 11.6. The highest BCUT2D eigenvalue weighted by atomic mass is 127. The second-order valence-corrected chi connectivity index (χ2v) is 6.64. The average Bonchev–Trinajstić information content (AvgIpc) is 2.38. The van der Waals surface area contributed by atoms with E-state index in [1.807, 2.05) is 32.9 Å². The van der Waals surface area contributed by atoms with Gasteiger partial charge in [0.15, 0.2) is 11.5 Å². The lowest BCUT2D eigenvalue weighted by molar-refractivity contribution is 0.0528. The maximum Gasteiger partial charge on any atom is 0.407 e. The van der Waals surface area contributed by atoms with Gasteiger partial charge in [-0.3, -0.25) is 0 Å². The fourth-order valence-electron chi connectivity index (χ4n) is 1.70. The molecule has 0 aliphatic rings. The first-order valence-electron chi connectivity index (χ1n) is 6.64.